The van der Waals surface area contributed by atoms with Gasteiger partial charge in [-0.15, -0.1) is 0 Å². The lowest BCUT2D eigenvalue weighted by Gasteiger charge is -2.40. The largest absolute Gasteiger partial charge is 0.384 e. The summed E-state index contributed by atoms with van der Waals surface area (Å²) in [6.07, 6.45) is 1.71. The molecule has 2 aromatic carbocycles. The van der Waals surface area contributed by atoms with E-state index in [-0.39, 0.29) is 22.9 Å². The Morgan fingerprint density at radius 2 is 1.93 bits per heavy atom. The molecule has 146 valence electrons. The van der Waals surface area contributed by atoms with E-state index in [1.54, 1.807) is 23.1 Å². The van der Waals surface area contributed by atoms with Crippen LogP contribution >= 0.6 is 0 Å². The van der Waals surface area contributed by atoms with Crippen molar-refractivity contribution < 1.29 is 9.18 Å². The van der Waals surface area contributed by atoms with Crippen molar-refractivity contribution in [1.82, 2.24) is 0 Å². The summed E-state index contributed by atoms with van der Waals surface area (Å²) in [4.78, 5) is 14.7. The molecule has 2 N–H and O–H groups in total. The van der Waals surface area contributed by atoms with Crippen molar-refractivity contribution in [2.75, 3.05) is 4.90 Å². The molecule has 2 aromatic rings. The second kappa shape index (κ2) is 7.21. The summed E-state index contributed by atoms with van der Waals surface area (Å²) in [7, 11) is 0. The lowest BCUT2D eigenvalue weighted by Crippen LogP contribution is -2.39. The first kappa shape index (κ1) is 18.9. The topological polar surface area (TPSA) is 70.1 Å². The number of nitrogens with zero attached hydrogens (tertiary/aromatic N) is 2. The van der Waals surface area contributed by atoms with Gasteiger partial charge in [0.2, 0.25) is 0 Å². The minimum absolute atomic E-state index is 0.00116. The molecule has 0 amide bonds. The van der Waals surface area contributed by atoms with E-state index < -0.39 is 11.7 Å². The Balaban J connectivity index is 2.03. The lowest BCUT2D eigenvalue weighted by atomic mass is 9.74. The zero-order chi connectivity index (χ0) is 20.7. The molecule has 29 heavy (non-hydrogen) atoms. The normalized spacial score (nSPS) is 19.3. The third kappa shape index (κ3) is 3.01. The predicted molar refractivity (Wildman–Crippen MR) is 110 cm³/mol. The van der Waals surface area contributed by atoms with Crippen LogP contribution in [0.3, 0.4) is 0 Å². The fraction of sp³-hybridized carbons (Fsp3) is 0.250. The van der Waals surface area contributed by atoms with Crippen molar-refractivity contribution in [2.24, 2.45) is 5.73 Å². The van der Waals surface area contributed by atoms with E-state index in [1.165, 1.54) is 6.07 Å². The van der Waals surface area contributed by atoms with Crippen LogP contribution in [-0.4, -0.2) is 5.78 Å². The number of aryl methyl sites for hydroxylation is 2. The third-order valence-corrected chi connectivity index (χ3v) is 5.75. The number of carbonyl (C=O) groups excluding carboxylic acids is 1. The zero-order valence-corrected chi connectivity index (χ0v) is 16.5. The van der Waals surface area contributed by atoms with Crippen LogP contribution in [0.25, 0.3) is 0 Å². The summed E-state index contributed by atoms with van der Waals surface area (Å²) < 4.78 is 14.7. The van der Waals surface area contributed by atoms with Crippen molar-refractivity contribution in [3.05, 3.63) is 87.6 Å². The average molecular weight is 387 g/mol. The quantitative estimate of drug-likeness (QED) is 0.807. The fourth-order valence-corrected chi connectivity index (χ4v) is 4.38. The summed E-state index contributed by atoms with van der Waals surface area (Å²) in [5.74, 6) is -0.774. The van der Waals surface area contributed by atoms with Gasteiger partial charge in [-0.05, 0) is 49.9 Å². The van der Waals surface area contributed by atoms with E-state index in [1.807, 2.05) is 32.0 Å². The van der Waals surface area contributed by atoms with Crippen LogP contribution in [0, 0.1) is 31.0 Å². The van der Waals surface area contributed by atoms with E-state index in [0.717, 1.165) is 16.7 Å². The van der Waals surface area contributed by atoms with E-state index in [9.17, 15) is 14.4 Å². The number of para-hydroxylation sites is 1. The molecule has 1 aliphatic carbocycles. The molecule has 0 aromatic heterocycles. The first-order valence-electron chi connectivity index (χ1n) is 9.71. The summed E-state index contributed by atoms with van der Waals surface area (Å²) in [5.41, 5.74) is 11.2. The third-order valence-electron chi connectivity index (χ3n) is 5.75. The number of Topliss-reactive ketones (excluding diaryl/α,β-unsaturated/α-hetero) is 1. The number of hydrogen-bond acceptors (Lipinski definition) is 4. The molecule has 1 heterocycles. The smallest absolute Gasteiger partial charge is 0.161 e. The minimum Gasteiger partial charge on any atom is -0.384 e. The SMILES string of the molecule is Cc1ccc(C)c([C@@H]2C(C#N)=C(N)N(c3ccccc3F)C3=C2C(=O)CCC3)c1. The fourth-order valence-electron chi connectivity index (χ4n) is 4.38. The maximum absolute atomic E-state index is 14.7. The van der Waals surface area contributed by atoms with Crippen LogP contribution in [0.5, 0.6) is 0 Å². The summed E-state index contributed by atoms with van der Waals surface area (Å²) >= 11 is 0. The van der Waals surface area contributed by atoms with Gasteiger partial charge in [-0.25, -0.2) is 4.39 Å². The Kier molecular flexibility index (Phi) is 4.71. The van der Waals surface area contributed by atoms with Gasteiger partial charge in [0, 0.05) is 17.7 Å². The number of nitrogens with two attached hydrogens (primary N) is 1. The number of halogens is 1. The molecule has 0 fully saturated rings. The van der Waals surface area contributed by atoms with Crippen molar-refractivity contribution >= 4 is 11.5 Å². The van der Waals surface area contributed by atoms with Gasteiger partial charge in [-0.3, -0.25) is 9.69 Å². The zero-order valence-electron chi connectivity index (χ0n) is 16.5. The van der Waals surface area contributed by atoms with Gasteiger partial charge in [0.25, 0.3) is 0 Å². The van der Waals surface area contributed by atoms with Crippen molar-refractivity contribution in [1.29, 1.82) is 5.26 Å². The second-order valence-electron chi connectivity index (χ2n) is 7.63. The molecular formula is C24H22FN3O. The van der Waals surface area contributed by atoms with Gasteiger partial charge in [-0.1, -0.05) is 35.9 Å². The van der Waals surface area contributed by atoms with Crippen LogP contribution in [0.4, 0.5) is 10.1 Å². The van der Waals surface area contributed by atoms with Gasteiger partial charge in [0.1, 0.15) is 11.6 Å². The molecule has 0 radical (unpaired) electrons. The van der Waals surface area contributed by atoms with Crippen molar-refractivity contribution in [3.8, 4) is 6.07 Å². The molecule has 4 nitrogen and oxygen atoms in total. The van der Waals surface area contributed by atoms with E-state index >= 15 is 0 Å². The Labute approximate surface area is 169 Å². The predicted octanol–water partition coefficient (Wildman–Crippen LogP) is 4.75. The van der Waals surface area contributed by atoms with Gasteiger partial charge in [-0.2, -0.15) is 5.26 Å². The maximum atomic E-state index is 14.7. The minimum atomic E-state index is -0.522. The van der Waals surface area contributed by atoms with Gasteiger partial charge >= 0.3 is 0 Å². The van der Waals surface area contributed by atoms with Crippen molar-refractivity contribution in [3.63, 3.8) is 0 Å². The van der Waals surface area contributed by atoms with Crippen LogP contribution in [0.15, 0.2) is 65.1 Å². The number of carbonyl (C=O) groups is 1. The lowest BCUT2D eigenvalue weighted by molar-refractivity contribution is -0.116. The summed E-state index contributed by atoms with van der Waals surface area (Å²) in [5, 5.41) is 10.0. The van der Waals surface area contributed by atoms with Gasteiger partial charge < -0.3 is 5.73 Å². The first-order chi connectivity index (χ1) is 13.9. The highest BCUT2D eigenvalue weighted by molar-refractivity contribution is 6.01. The number of allylic oxidation sites excluding steroid dienone is 3. The summed E-state index contributed by atoms with van der Waals surface area (Å²) in [6.45, 7) is 3.95. The first-order valence-corrected chi connectivity index (χ1v) is 9.71. The highest BCUT2D eigenvalue weighted by Crippen LogP contribution is 2.47. The number of anilines is 1. The monoisotopic (exact) mass is 387 g/mol. The Morgan fingerprint density at radius 1 is 1.17 bits per heavy atom. The van der Waals surface area contributed by atoms with E-state index in [4.69, 9.17) is 5.73 Å². The molecule has 0 saturated heterocycles. The maximum Gasteiger partial charge on any atom is 0.161 e. The highest BCUT2D eigenvalue weighted by Gasteiger charge is 2.41. The number of nitriles is 1. The number of hydrogen-bond donors (Lipinski definition) is 1. The molecule has 2 aliphatic rings. The molecule has 1 atom stereocenters. The molecule has 0 spiro atoms. The standard InChI is InChI=1S/C24H22FN3O/c1-14-10-11-15(2)16(12-14)22-17(13-26)24(27)28(19-7-4-3-6-18(19)25)20-8-5-9-21(29)23(20)22/h3-4,6-7,10-12,22H,5,8-9,27H2,1-2H3/t22-/m1/s1. The summed E-state index contributed by atoms with van der Waals surface area (Å²) in [6, 6.07) is 14.5. The highest BCUT2D eigenvalue weighted by atomic mass is 19.1. The van der Waals surface area contributed by atoms with Crippen LogP contribution in [0.1, 0.15) is 41.9 Å². The molecule has 5 heteroatoms. The molecule has 1 aliphatic heterocycles. The molecule has 0 saturated carbocycles. The van der Waals surface area contributed by atoms with Crippen molar-refractivity contribution in [2.45, 2.75) is 39.0 Å². The molecule has 0 bridgehead atoms. The Bertz CT molecular complexity index is 1120. The number of ketones is 1. The van der Waals surface area contributed by atoms with Gasteiger partial charge in [0.15, 0.2) is 5.78 Å². The van der Waals surface area contributed by atoms with Crippen LogP contribution < -0.4 is 10.6 Å². The molecule has 0 unspecified atom stereocenters. The second-order valence-corrected chi connectivity index (χ2v) is 7.63. The Morgan fingerprint density at radius 3 is 2.66 bits per heavy atom. The average Bonchev–Trinajstić information content (AvgIpc) is 2.70. The van der Waals surface area contributed by atoms with Gasteiger partial charge in [0.05, 0.1) is 23.2 Å². The number of benzene rings is 2. The number of rotatable bonds is 2. The Hall–Kier alpha value is -3.39. The van der Waals surface area contributed by atoms with E-state index in [0.29, 0.717) is 30.5 Å². The van der Waals surface area contributed by atoms with Crippen LogP contribution in [0.2, 0.25) is 0 Å². The molecular weight excluding hydrogens is 365 g/mol. The van der Waals surface area contributed by atoms with Crippen LogP contribution in [-0.2, 0) is 4.79 Å². The van der Waals surface area contributed by atoms with E-state index in [2.05, 4.69) is 6.07 Å². The molecule has 4 rings (SSSR count).